The van der Waals surface area contributed by atoms with E-state index in [1.807, 2.05) is 18.2 Å². The van der Waals surface area contributed by atoms with Gasteiger partial charge in [-0.3, -0.25) is 0 Å². The van der Waals surface area contributed by atoms with E-state index in [9.17, 15) is 13.5 Å². The molecule has 3 aromatic carbocycles. The lowest BCUT2D eigenvalue weighted by Gasteiger charge is -2.09. The van der Waals surface area contributed by atoms with Crippen LogP contribution in [0.3, 0.4) is 0 Å². The number of phenols is 1. The largest absolute Gasteiger partial charge is 0.503 e. The molecule has 0 aliphatic heterocycles. The molecule has 0 amide bonds. The molecule has 1 N–H and O–H groups in total. The summed E-state index contributed by atoms with van der Waals surface area (Å²) >= 11 is 0. The Hall–Kier alpha value is -2.93. The maximum atomic E-state index is 11.4. The van der Waals surface area contributed by atoms with Crippen LogP contribution >= 0.6 is 0 Å². The first-order chi connectivity index (χ1) is 12.0. The highest BCUT2D eigenvalue weighted by atomic mass is 32.2. The number of azo groups is 1. The van der Waals surface area contributed by atoms with Gasteiger partial charge in [0.2, 0.25) is 0 Å². The first kappa shape index (κ1) is 16.9. The molecule has 0 saturated heterocycles. The van der Waals surface area contributed by atoms with Crippen LogP contribution in [-0.2, 0) is 10.7 Å². The molecular weight excluding hydrogens is 340 g/mol. The molecule has 0 spiro atoms. The Kier molecular flexibility index (Phi) is 4.67. The molecular formula is C18H16N2O4S. The zero-order chi connectivity index (χ0) is 18.0. The number of aryl methyl sites for hydroxylation is 1. The zero-order valence-electron chi connectivity index (χ0n) is 13.6. The molecule has 0 aliphatic rings. The summed E-state index contributed by atoms with van der Waals surface area (Å²) in [6.45, 7) is 1.80. The van der Waals surface area contributed by atoms with Gasteiger partial charge in [-0.2, -0.15) is 0 Å². The third-order valence-corrected chi connectivity index (χ3v) is 4.52. The van der Waals surface area contributed by atoms with Crippen molar-refractivity contribution in [3.63, 3.8) is 0 Å². The number of fused-ring (bicyclic) bond motifs is 1. The number of aromatic hydroxyl groups is 1. The van der Waals surface area contributed by atoms with E-state index in [0.29, 0.717) is 5.39 Å². The number of phenolic OH excluding ortho intramolecular Hbond substituents is 1. The molecule has 0 bridgehead atoms. The Bertz CT molecular complexity index is 1050. The van der Waals surface area contributed by atoms with E-state index in [-0.39, 0.29) is 27.8 Å². The van der Waals surface area contributed by atoms with Crippen LogP contribution in [0.25, 0.3) is 10.8 Å². The molecule has 128 valence electrons. The summed E-state index contributed by atoms with van der Waals surface area (Å²) in [5.41, 5.74) is 1.25. The van der Waals surface area contributed by atoms with E-state index in [1.54, 1.807) is 31.2 Å². The van der Waals surface area contributed by atoms with Crippen molar-refractivity contribution >= 4 is 32.9 Å². The van der Waals surface area contributed by atoms with E-state index in [4.69, 9.17) is 4.74 Å². The van der Waals surface area contributed by atoms with E-state index < -0.39 is 10.7 Å². The van der Waals surface area contributed by atoms with Gasteiger partial charge < -0.3 is 9.84 Å². The van der Waals surface area contributed by atoms with Gasteiger partial charge in [-0.05, 0) is 36.1 Å². The Morgan fingerprint density at radius 1 is 1.04 bits per heavy atom. The second-order valence-corrected chi connectivity index (χ2v) is 6.44. The van der Waals surface area contributed by atoms with Gasteiger partial charge in [0.25, 0.3) is 0 Å². The van der Waals surface area contributed by atoms with Crippen LogP contribution in [0, 0.1) is 6.92 Å². The first-order valence-corrected chi connectivity index (χ1v) is 8.64. The van der Waals surface area contributed by atoms with Crippen LogP contribution < -0.4 is 4.74 Å². The molecule has 0 heterocycles. The molecule has 6 nitrogen and oxygen atoms in total. The number of ether oxygens (including phenoxy) is 1. The Balaban J connectivity index is 2.19. The average Bonchev–Trinajstić information content (AvgIpc) is 2.61. The van der Waals surface area contributed by atoms with Crippen molar-refractivity contribution in [2.24, 2.45) is 10.2 Å². The fourth-order valence-electron chi connectivity index (χ4n) is 2.52. The Morgan fingerprint density at radius 2 is 1.80 bits per heavy atom. The highest BCUT2D eigenvalue weighted by Gasteiger charge is 2.13. The number of hydrogen-bond acceptors (Lipinski definition) is 6. The van der Waals surface area contributed by atoms with E-state index in [2.05, 4.69) is 10.2 Å². The summed E-state index contributed by atoms with van der Waals surface area (Å²) in [7, 11) is -1.36. The number of thiol groups is 1. The number of benzene rings is 3. The molecule has 25 heavy (non-hydrogen) atoms. The van der Waals surface area contributed by atoms with E-state index in [0.717, 1.165) is 10.9 Å². The summed E-state index contributed by atoms with van der Waals surface area (Å²) < 4.78 is 28.0. The van der Waals surface area contributed by atoms with Crippen LogP contribution in [0.2, 0.25) is 0 Å². The quantitative estimate of drug-likeness (QED) is 0.540. The SMILES string of the molecule is COc1cc2ccccc2c(N=Nc2ccc(C)cc2[SH](=O)=O)c1O. The summed E-state index contributed by atoms with van der Waals surface area (Å²) in [5.74, 6) is 0.122. The van der Waals surface area contributed by atoms with Crippen LogP contribution in [0.15, 0.2) is 63.7 Å². The normalized spacial score (nSPS) is 11.5. The van der Waals surface area contributed by atoms with Crippen molar-refractivity contribution in [1.82, 2.24) is 0 Å². The predicted octanol–water partition coefficient (Wildman–Crippen LogP) is 4.25. The zero-order valence-corrected chi connectivity index (χ0v) is 14.5. The smallest absolute Gasteiger partial charge is 0.186 e. The first-order valence-electron chi connectivity index (χ1n) is 7.46. The fourth-order valence-corrected chi connectivity index (χ4v) is 3.13. The average molecular weight is 356 g/mol. The van der Waals surface area contributed by atoms with Gasteiger partial charge in [0.15, 0.2) is 22.2 Å². The molecule has 3 rings (SSSR count). The summed E-state index contributed by atoms with van der Waals surface area (Å²) in [5, 5.41) is 20.1. The van der Waals surface area contributed by atoms with Crippen LogP contribution in [0.5, 0.6) is 11.5 Å². The minimum absolute atomic E-state index is 0.0884. The van der Waals surface area contributed by atoms with Gasteiger partial charge in [-0.25, -0.2) is 8.42 Å². The molecule has 0 aliphatic carbocycles. The molecule has 7 heteroatoms. The number of rotatable bonds is 4. The fraction of sp³-hybridized carbons (Fsp3) is 0.111. The van der Waals surface area contributed by atoms with Crippen LogP contribution in [0.4, 0.5) is 11.4 Å². The molecule has 0 atom stereocenters. The second-order valence-electron chi connectivity index (χ2n) is 5.45. The van der Waals surface area contributed by atoms with Gasteiger partial charge in [-0.1, -0.05) is 30.3 Å². The van der Waals surface area contributed by atoms with Crippen molar-refractivity contribution in [3.05, 3.63) is 54.1 Å². The lowest BCUT2D eigenvalue weighted by Crippen LogP contribution is -1.86. The predicted molar refractivity (Wildman–Crippen MR) is 96.1 cm³/mol. The molecule has 0 saturated carbocycles. The van der Waals surface area contributed by atoms with Gasteiger partial charge in [0.1, 0.15) is 11.4 Å². The number of nitrogens with zero attached hydrogens (tertiary/aromatic N) is 2. The van der Waals surface area contributed by atoms with Crippen molar-refractivity contribution in [1.29, 1.82) is 0 Å². The maximum Gasteiger partial charge on any atom is 0.186 e. The van der Waals surface area contributed by atoms with Gasteiger partial charge in [0, 0.05) is 5.39 Å². The Labute approximate surface area is 146 Å². The highest BCUT2D eigenvalue weighted by Crippen LogP contribution is 2.43. The van der Waals surface area contributed by atoms with Crippen molar-refractivity contribution in [2.75, 3.05) is 7.11 Å². The van der Waals surface area contributed by atoms with E-state index in [1.165, 1.54) is 13.2 Å². The molecule has 0 unspecified atom stereocenters. The molecule has 3 aromatic rings. The van der Waals surface area contributed by atoms with Crippen molar-refractivity contribution in [2.45, 2.75) is 11.8 Å². The topological polar surface area (TPSA) is 88.3 Å². The van der Waals surface area contributed by atoms with Crippen LogP contribution in [-0.4, -0.2) is 20.6 Å². The lowest BCUT2D eigenvalue weighted by atomic mass is 10.1. The van der Waals surface area contributed by atoms with Gasteiger partial charge in [0.05, 0.1) is 12.0 Å². The summed E-state index contributed by atoms with van der Waals surface area (Å²) in [6, 6.07) is 13.9. The third kappa shape index (κ3) is 3.32. The van der Waals surface area contributed by atoms with Crippen molar-refractivity contribution < 1.29 is 18.3 Å². The molecule has 0 aromatic heterocycles. The molecule has 0 fully saturated rings. The Morgan fingerprint density at radius 3 is 2.52 bits per heavy atom. The molecule has 0 radical (unpaired) electrons. The standard InChI is InChI=1S/C18H16N2O4S/c1-11-7-8-14(16(9-11)25(22)23)19-20-17-13-6-4-3-5-12(13)10-15(24-2)18(17)21/h3-10,21,25H,1-2H3. The van der Waals surface area contributed by atoms with Crippen LogP contribution in [0.1, 0.15) is 5.56 Å². The third-order valence-electron chi connectivity index (χ3n) is 3.77. The highest BCUT2D eigenvalue weighted by molar-refractivity contribution is 7.72. The minimum atomic E-state index is -2.81. The monoisotopic (exact) mass is 356 g/mol. The van der Waals surface area contributed by atoms with Crippen molar-refractivity contribution in [3.8, 4) is 11.5 Å². The van der Waals surface area contributed by atoms with E-state index >= 15 is 0 Å². The summed E-state index contributed by atoms with van der Waals surface area (Å²) in [6.07, 6.45) is 0. The van der Waals surface area contributed by atoms with Gasteiger partial charge in [-0.15, -0.1) is 10.2 Å². The summed E-state index contributed by atoms with van der Waals surface area (Å²) in [4.78, 5) is 0.0884. The maximum absolute atomic E-state index is 11.4. The number of hydrogen-bond donors (Lipinski definition) is 2. The van der Waals surface area contributed by atoms with Gasteiger partial charge >= 0.3 is 0 Å². The second kappa shape index (κ2) is 6.90. The number of methoxy groups -OCH3 is 1. The lowest BCUT2D eigenvalue weighted by molar-refractivity contribution is 0.375. The minimum Gasteiger partial charge on any atom is -0.503 e.